The zero-order valence-electron chi connectivity index (χ0n) is 14.0. The summed E-state index contributed by atoms with van der Waals surface area (Å²) in [7, 11) is 1.86. The summed E-state index contributed by atoms with van der Waals surface area (Å²) in [5.74, 6) is 0.253. The maximum absolute atomic E-state index is 12.1. The summed E-state index contributed by atoms with van der Waals surface area (Å²) in [6.07, 6.45) is 0.155. The normalized spacial score (nSPS) is 11.5. The number of primary amides is 1. The summed E-state index contributed by atoms with van der Waals surface area (Å²) in [5.41, 5.74) is 6.54. The Bertz CT molecular complexity index is 741. The standard InChI is InChI=1S/C17H23N3O3/c1-17(2,3)23-16(22)19-15-12(9-10-14(18)21)11-7-5-6-8-13(11)20(15)4/h5-8H,9-10H2,1-4H3,(H2,18,21)(H,19,22). The monoisotopic (exact) mass is 317 g/mol. The number of nitrogens with one attached hydrogen (secondary N) is 1. The SMILES string of the molecule is Cn1c(NC(=O)OC(C)(C)C)c(CCC(N)=O)c2ccccc21. The predicted octanol–water partition coefficient (Wildman–Crippen LogP) is 2.94. The number of nitrogens with two attached hydrogens (primary N) is 1. The van der Waals surface area contributed by atoms with Crippen molar-refractivity contribution in [2.45, 2.75) is 39.2 Å². The van der Waals surface area contributed by atoms with E-state index in [0.29, 0.717) is 12.2 Å². The lowest BCUT2D eigenvalue weighted by molar-refractivity contribution is -0.117. The molecule has 2 rings (SSSR count). The highest BCUT2D eigenvalue weighted by molar-refractivity contribution is 5.95. The number of fused-ring (bicyclic) bond motifs is 1. The number of amides is 2. The first-order valence-electron chi connectivity index (χ1n) is 7.53. The highest BCUT2D eigenvalue weighted by Crippen LogP contribution is 2.30. The smallest absolute Gasteiger partial charge is 0.413 e. The van der Waals surface area contributed by atoms with Gasteiger partial charge in [-0.1, -0.05) is 18.2 Å². The molecule has 2 amide bonds. The molecular formula is C17H23N3O3. The molecule has 1 heterocycles. The van der Waals surface area contributed by atoms with E-state index in [0.717, 1.165) is 16.5 Å². The molecular weight excluding hydrogens is 294 g/mol. The second-order valence-corrected chi connectivity index (χ2v) is 6.50. The Kier molecular flexibility index (Phi) is 4.63. The third-order valence-electron chi connectivity index (χ3n) is 3.45. The summed E-state index contributed by atoms with van der Waals surface area (Å²) in [4.78, 5) is 23.2. The molecule has 0 aliphatic rings. The third-order valence-corrected chi connectivity index (χ3v) is 3.45. The number of ether oxygens (including phenoxy) is 1. The van der Waals surface area contributed by atoms with Gasteiger partial charge in [-0.25, -0.2) is 4.79 Å². The molecule has 124 valence electrons. The van der Waals surface area contributed by atoms with Crippen LogP contribution in [0.2, 0.25) is 0 Å². The first kappa shape index (κ1) is 16.9. The minimum atomic E-state index is -0.581. The van der Waals surface area contributed by atoms with E-state index in [1.54, 1.807) is 0 Å². The van der Waals surface area contributed by atoms with Gasteiger partial charge in [0.25, 0.3) is 0 Å². The average molecular weight is 317 g/mol. The molecule has 1 aromatic carbocycles. The Morgan fingerprint density at radius 2 is 1.91 bits per heavy atom. The second-order valence-electron chi connectivity index (χ2n) is 6.50. The summed E-state index contributed by atoms with van der Waals surface area (Å²) < 4.78 is 7.20. The highest BCUT2D eigenvalue weighted by Gasteiger charge is 2.21. The van der Waals surface area contributed by atoms with Crippen LogP contribution >= 0.6 is 0 Å². The van der Waals surface area contributed by atoms with Crippen LogP contribution in [0.25, 0.3) is 10.9 Å². The molecule has 0 aliphatic heterocycles. The summed E-state index contributed by atoms with van der Waals surface area (Å²) in [5, 5.41) is 3.79. The van der Waals surface area contributed by atoms with Crippen molar-refractivity contribution in [3.63, 3.8) is 0 Å². The number of carbonyl (C=O) groups is 2. The number of carbonyl (C=O) groups excluding carboxylic acids is 2. The van der Waals surface area contributed by atoms with Crippen molar-refractivity contribution >= 4 is 28.7 Å². The molecule has 0 saturated carbocycles. The van der Waals surface area contributed by atoms with E-state index in [4.69, 9.17) is 10.5 Å². The fourth-order valence-corrected chi connectivity index (χ4v) is 2.53. The van der Waals surface area contributed by atoms with Crippen LogP contribution in [0.4, 0.5) is 10.6 Å². The number of hydrogen-bond acceptors (Lipinski definition) is 3. The molecule has 23 heavy (non-hydrogen) atoms. The summed E-state index contributed by atoms with van der Waals surface area (Å²) >= 11 is 0. The van der Waals surface area contributed by atoms with E-state index in [1.165, 1.54) is 0 Å². The van der Waals surface area contributed by atoms with Crippen molar-refractivity contribution in [3.05, 3.63) is 29.8 Å². The molecule has 6 heteroatoms. The van der Waals surface area contributed by atoms with E-state index < -0.39 is 11.7 Å². The van der Waals surface area contributed by atoms with Crippen LogP contribution in [0.15, 0.2) is 24.3 Å². The van der Waals surface area contributed by atoms with Gasteiger partial charge in [0.1, 0.15) is 11.4 Å². The van der Waals surface area contributed by atoms with Crippen molar-refractivity contribution in [1.29, 1.82) is 0 Å². The zero-order valence-corrected chi connectivity index (χ0v) is 14.0. The van der Waals surface area contributed by atoms with E-state index in [-0.39, 0.29) is 12.3 Å². The van der Waals surface area contributed by atoms with Gasteiger partial charge < -0.3 is 15.0 Å². The minimum Gasteiger partial charge on any atom is -0.444 e. The van der Waals surface area contributed by atoms with Crippen molar-refractivity contribution in [1.82, 2.24) is 4.57 Å². The Morgan fingerprint density at radius 1 is 1.26 bits per heavy atom. The Balaban J connectivity index is 2.40. The van der Waals surface area contributed by atoms with Gasteiger partial charge in [-0.3, -0.25) is 10.1 Å². The Labute approximate surface area is 135 Å². The lowest BCUT2D eigenvalue weighted by Gasteiger charge is -2.20. The molecule has 1 aromatic heterocycles. The number of anilines is 1. The largest absolute Gasteiger partial charge is 0.444 e. The second kappa shape index (κ2) is 6.32. The molecule has 3 N–H and O–H groups in total. The third kappa shape index (κ3) is 4.03. The number of para-hydroxylation sites is 1. The Morgan fingerprint density at radius 3 is 2.52 bits per heavy atom. The van der Waals surface area contributed by atoms with Gasteiger partial charge in [-0.15, -0.1) is 0 Å². The van der Waals surface area contributed by atoms with Crippen LogP contribution in [-0.4, -0.2) is 22.2 Å². The number of aromatic nitrogens is 1. The molecule has 0 bridgehead atoms. The van der Waals surface area contributed by atoms with Crippen LogP contribution in [0, 0.1) is 0 Å². The minimum absolute atomic E-state index is 0.219. The van der Waals surface area contributed by atoms with Gasteiger partial charge in [0, 0.05) is 29.9 Å². The molecule has 0 unspecified atom stereocenters. The number of hydrogen-bond donors (Lipinski definition) is 2. The zero-order chi connectivity index (χ0) is 17.2. The summed E-state index contributed by atoms with van der Waals surface area (Å²) in [6, 6.07) is 7.78. The van der Waals surface area contributed by atoms with Crippen LogP contribution < -0.4 is 11.1 Å². The topological polar surface area (TPSA) is 86.3 Å². The molecule has 0 atom stereocenters. The molecule has 2 aromatic rings. The van der Waals surface area contributed by atoms with E-state index in [2.05, 4.69) is 5.32 Å². The number of benzene rings is 1. The van der Waals surface area contributed by atoms with Gasteiger partial charge in [0.05, 0.1) is 0 Å². The van der Waals surface area contributed by atoms with Gasteiger partial charge in [0.2, 0.25) is 5.91 Å². The first-order valence-corrected chi connectivity index (χ1v) is 7.53. The maximum Gasteiger partial charge on any atom is 0.413 e. The number of rotatable bonds is 4. The molecule has 0 aliphatic carbocycles. The van der Waals surface area contributed by atoms with Gasteiger partial charge in [-0.05, 0) is 33.3 Å². The van der Waals surface area contributed by atoms with Gasteiger partial charge in [0.15, 0.2) is 0 Å². The number of nitrogens with zero attached hydrogens (tertiary/aromatic N) is 1. The van der Waals surface area contributed by atoms with Crippen LogP contribution in [-0.2, 0) is 23.0 Å². The van der Waals surface area contributed by atoms with E-state index in [1.807, 2.05) is 56.7 Å². The quantitative estimate of drug-likeness (QED) is 0.909. The van der Waals surface area contributed by atoms with Crippen molar-refractivity contribution < 1.29 is 14.3 Å². The van der Waals surface area contributed by atoms with Gasteiger partial charge >= 0.3 is 6.09 Å². The van der Waals surface area contributed by atoms with Crippen molar-refractivity contribution in [2.24, 2.45) is 12.8 Å². The lowest BCUT2D eigenvalue weighted by atomic mass is 10.1. The molecule has 0 fully saturated rings. The maximum atomic E-state index is 12.1. The first-order chi connectivity index (χ1) is 10.7. The molecule has 6 nitrogen and oxygen atoms in total. The van der Waals surface area contributed by atoms with Crippen LogP contribution in [0.5, 0.6) is 0 Å². The molecule has 0 radical (unpaired) electrons. The van der Waals surface area contributed by atoms with E-state index in [9.17, 15) is 9.59 Å². The number of aryl methyl sites for hydroxylation is 2. The highest BCUT2D eigenvalue weighted by atomic mass is 16.6. The predicted molar refractivity (Wildman–Crippen MR) is 90.3 cm³/mol. The molecule has 0 saturated heterocycles. The fraction of sp³-hybridized carbons (Fsp3) is 0.412. The lowest BCUT2D eigenvalue weighted by Crippen LogP contribution is -2.28. The Hall–Kier alpha value is -2.50. The molecule has 0 spiro atoms. The van der Waals surface area contributed by atoms with Gasteiger partial charge in [-0.2, -0.15) is 0 Å². The van der Waals surface area contributed by atoms with Crippen LogP contribution in [0.3, 0.4) is 0 Å². The van der Waals surface area contributed by atoms with Crippen molar-refractivity contribution in [3.8, 4) is 0 Å². The van der Waals surface area contributed by atoms with E-state index >= 15 is 0 Å². The average Bonchev–Trinajstić information content (AvgIpc) is 2.68. The van der Waals surface area contributed by atoms with Crippen molar-refractivity contribution in [2.75, 3.05) is 5.32 Å². The summed E-state index contributed by atoms with van der Waals surface area (Å²) in [6.45, 7) is 5.42. The van der Waals surface area contributed by atoms with Crippen LogP contribution in [0.1, 0.15) is 32.8 Å². The fourth-order valence-electron chi connectivity index (χ4n) is 2.53.